The Bertz CT molecular complexity index is 1100. The highest BCUT2D eigenvalue weighted by atomic mass is 32.2. The summed E-state index contributed by atoms with van der Waals surface area (Å²) in [6.07, 6.45) is 2.97. The molecule has 0 aliphatic heterocycles. The number of imidazole rings is 1. The Kier molecular flexibility index (Phi) is 5.63. The van der Waals surface area contributed by atoms with Crippen molar-refractivity contribution in [3.8, 4) is 0 Å². The van der Waals surface area contributed by atoms with Gasteiger partial charge in [-0.2, -0.15) is 0 Å². The summed E-state index contributed by atoms with van der Waals surface area (Å²) in [4.78, 5) is 9.28. The number of anilines is 1. The molecule has 0 saturated carbocycles. The third-order valence-electron chi connectivity index (χ3n) is 4.65. The third kappa shape index (κ3) is 4.44. The summed E-state index contributed by atoms with van der Waals surface area (Å²) in [5.41, 5.74) is 8.12. The number of nitrogen functional groups attached to an aromatic ring is 1. The van der Waals surface area contributed by atoms with Gasteiger partial charge in [-0.25, -0.2) is 18.4 Å². The number of aryl methyl sites for hydroxylation is 1. The summed E-state index contributed by atoms with van der Waals surface area (Å²) in [6, 6.07) is 7.88. The lowest BCUT2D eigenvalue weighted by Gasteiger charge is -2.27. The average Bonchev–Trinajstić information content (AvgIpc) is 2.93. The van der Waals surface area contributed by atoms with Gasteiger partial charge in [0.2, 0.25) is 0 Å². The Balaban J connectivity index is 2.06. The molecule has 1 aromatic carbocycles. The average molecular weight is 405 g/mol. The molecule has 2 heterocycles. The van der Waals surface area contributed by atoms with Crippen LogP contribution in [0.15, 0.2) is 24.3 Å². The van der Waals surface area contributed by atoms with Crippen LogP contribution in [0.25, 0.3) is 21.9 Å². The summed E-state index contributed by atoms with van der Waals surface area (Å²) >= 11 is 0. The SMILES string of the molecule is CCCc1nc2c(N)nc3ccccc3c2n1CC(C)(C)OCCS(C)(=O)=O. The number of ether oxygens (including phenoxy) is 1. The number of aromatic nitrogens is 3. The molecule has 3 rings (SSSR count). The number of hydrogen-bond donors (Lipinski definition) is 1. The van der Waals surface area contributed by atoms with Gasteiger partial charge < -0.3 is 15.0 Å². The summed E-state index contributed by atoms with van der Waals surface area (Å²) in [5, 5.41) is 0.994. The normalized spacial score (nSPS) is 12.9. The number of para-hydroxylation sites is 1. The molecule has 3 aromatic rings. The predicted octanol–water partition coefficient (Wildman–Crippen LogP) is 2.96. The quantitative estimate of drug-likeness (QED) is 0.619. The molecule has 2 aromatic heterocycles. The van der Waals surface area contributed by atoms with Crippen LogP contribution < -0.4 is 5.73 Å². The van der Waals surface area contributed by atoms with Crippen LogP contribution in [-0.2, 0) is 27.5 Å². The molecule has 0 atom stereocenters. The molecule has 7 nitrogen and oxygen atoms in total. The Morgan fingerprint density at radius 3 is 2.61 bits per heavy atom. The number of pyridine rings is 1. The maximum atomic E-state index is 11.4. The van der Waals surface area contributed by atoms with Crippen molar-refractivity contribution in [2.45, 2.75) is 45.8 Å². The second-order valence-electron chi connectivity index (χ2n) is 7.81. The lowest BCUT2D eigenvalue weighted by Crippen LogP contribution is -2.33. The molecule has 2 N–H and O–H groups in total. The Labute approximate surface area is 165 Å². The van der Waals surface area contributed by atoms with Crippen LogP contribution in [0.5, 0.6) is 0 Å². The molecule has 0 spiro atoms. The lowest BCUT2D eigenvalue weighted by molar-refractivity contribution is -0.0210. The van der Waals surface area contributed by atoms with Gasteiger partial charge in [-0.05, 0) is 26.3 Å². The zero-order chi connectivity index (χ0) is 20.5. The molecule has 8 heteroatoms. The van der Waals surface area contributed by atoms with Crippen molar-refractivity contribution in [3.63, 3.8) is 0 Å². The maximum Gasteiger partial charge on any atom is 0.152 e. The number of nitrogens with two attached hydrogens (primary N) is 1. The van der Waals surface area contributed by atoms with Gasteiger partial charge in [0.05, 0.1) is 35.5 Å². The first-order valence-corrected chi connectivity index (χ1v) is 11.5. The molecule has 28 heavy (non-hydrogen) atoms. The maximum absolute atomic E-state index is 11.4. The Hall–Kier alpha value is -2.19. The molecule has 0 aliphatic carbocycles. The fourth-order valence-corrected chi connectivity index (χ4v) is 3.77. The minimum Gasteiger partial charge on any atom is -0.382 e. The van der Waals surface area contributed by atoms with Crippen molar-refractivity contribution < 1.29 is 13.2 Å². The van der Waals surface area contributed by atoms with Gasteiger partial charge in [0.15, 0.2) is 5.82 Å². The lowest BCUT2D eigenvalue weighted by atomic mass is 10.1. The van der Waals surface area contributed by atoms with Crippen LogP contribution in [0.1, 0.15) is 33.0 Å². The van der Waals surface area contributed by atoms with Crippen molar-refractivity contribution in [2.75, 3.05) is 24.3 Å². The van der Waals surface area contributed by atoms with E-state index in [1.165, 1.54) is 6.26 Å². The van der Waals surface area contributed by atoms with Crippen LogP contribution in [0.4, 0.5) is 5.82 Å². The molecular weight excluding hydrogens is 376 g/mol. The minimum absolute atomic E-state index is 0.00270. The van der Waals surface area contributed by atoms with Crippen molar-refractivity contribution >= 4 is 37.6 Å². The van der Waals surface area contributed by atoms with E-state index >= 15 is 0 Å². The van der Waals surface area contributed by atoms with Gasteiger partial charge in [-0.3, -0.25) is 0 Å². The van der Waals surface area contributed by atoms with Crippen molar-refractivity contribution in [1.82, 2.24) is 14.5 Å². The predicted molar refractivity (Wildman–Crippen MR) is 113 cm³/mol. The molecule has 0 unspecified atom stereocenters. The fourth-order valence-electron chi connectivity index (χ4n) is 3.39. The van der Waals surface area contributed by atoms with E-state index in [0.29, 0.717) is 17.9 Å². The van der Waals surface area contributed by atoms with Gasteiger partial charge in [0.1, 0.15) is 21.2 Å². The number of hydrogen-bond acceptors (Lipinski definition) is 6. The standard InChI is InChI=1S/C20H28N4O3S/c1-5-8-16-23-17-18(14-9-6-7-10-15(14)22-19(17)21)24(16)13-20(2,3)27-11-12-28(4,25)26/h6-7,9-10H,5,8,11-13H2,1-4H3,(H2,21,22). The van der Waals surface area contributed by atoms with Crippen molar-refractivity contribution in [1.29, 1.82) is 0 Å². The van der Waals surface area contributed by atoms with Gasteiger partial charge in [0.25, 0.3) is 0 Å². The number of sulfone groups is 1. The highest BCUT2D eigenvalue weighted by Gasteiger charge is 2.25. The number of nitrogens with zero attached hydrogens (tertiary/aromatic N) is 3. The molecule has 0 bridgehead atoms. The fraction of sp³-hybridized carbons (Fsp3) is 0.500. The van der Waals surface area contributed by atoms with Crippen LogP contribution in [0.3, 0.4) is 0 Å². The van der Waals surface area contributed by atoms with Crippen LogP contribution in [0.2, 0.25) is 0 Å². The molecule has 0 saturated heterocycles. The zero-order valence-corrected chi connectivity index (χ0v) is 17.7. The molecule has 0 aliphatic rings. The first kappa shape index (κ1) is 20.5. The highest BCUT2D eigenvalue weighted by molar-refractivity contribution is 7.90. The second kappa shape index (κ2) is 7.67. The van der Waals surface area contributed by atoms with Gasteiger partial charge >= 0.3 is 0 Å². The largest absolute Gasteiger partial charge is 0.382 e. The molecule has 0 fully saturated rings. The Morgan fingerprint density at radius 2 is 1.93 bits per heavy atom. The van der Waals surface area contributed by atoms with E-state index in [0.717, 1.165) is 35.1 Å². The van der Waals surface area contributed by atoms with Gasteiger partial charge in [0, 0.05) is 18.1 Å². The summed E-state index contributed by atoms with van der Waals surface area (Å²) in [5.74, 6) is 1.35. The van der Waals surface area contributed by atoms with E-state index in [9.17, 15) is 8.42 Å². The van der Waals surface area contributed by atoms with E-state index in [2.05, 4.69) is 16.5 Å². The summed E-state index contributed by atoms with van der Waals surface area (Å²) in [7, 11) is -3.06. The van der Waals surface area contributed by atoms with E-state index in [1.54, 1.807) is 0 Å². The number of benzene rings is 1. The van der Waals surface area contributed by atoms with Crippen molar-refractivity contribution in [2.24, 2.45) is 0 Å². The smallest absolute Gasteiger partial charge is 0.152 e. The number of fused-ring (bicyclic) bond motifs is 3. The molecule has 0 radical (unpaired) electrons. The highest BCUT2D eigenvalue weighted by Crippen LogP contribution is 2.30. The van der Waals surface area contributed by atoms with Crippen molar-refractivity contribution in [3.05, 3.63) is 30.1 Å². The van der Waals surface area contributed by atoms with Crippen LogP contribution >= 0.6 is 0 Å². The van der Waals surface area contributed by atoms with Gasteiger partial charge in [-0.1, -0.05) is 25.1 Å². The topological polar surface area (TPSA) is 100 Å². The van der Waals surface area contributed by atoms with E-state index in [4.69, 9.17) is 15.5 Å². The number of rotatable bonds is 8. The Morgan fingerprint density at radius 1 is 1.21 bits per heavy atom. The minimum atomic E-state index is -3.06. The van der Waals surface area contributed by atoms with E-state index < -0.39 is 15.4 Å². The summed E-state index contributed by atoms with van der Waals surface area (Å²) in [6.45, 7) is 6.73. The van der Waals surface area contributed by atoms with Crippen LogP contribution in [0, 0.1) is 0 Å². The zero-order valence-electron chi connectivity index (χ0n) is 16.9. The summed E-state index contributed by atoms with van der Waals surface area (Å²) < 4.78 is 30.9. The van der Waals surface area contributed by atoms with Gasteiger partial charge in [-0.15, -0.1) is 0 Å². The van der Waals surface area contributed by atoms with E-state index in [1.807, 2.05) is 38.1 Å². The van der Waals surface area contributed by atoms with E-state index in [-0.39, 0.29) is 12.4 Å². The molecular formula is C20H28N4O3S. The second-order valence-corrected chi connectivity index (χ2v) is 10.1. The molecule has 0 amide bonds. The first-order valence-electron chi connectivity index (χ1n) is 9.46. The van der Waals surface area contributed by atoms with Crippen LogP contribution in [-0.4, -0.2) is 47.2 Å². The monoisotopic (exact) mass is 404 g/mol. The third-order valence-corrected chi connectivity index (χ3v) is 5.56. The first-order chi connectivity index (χ1) is 13.1. The molecule has 152 valence electrons.